The molecule has 5 nitrogen and oxygen atoms in total. The van der Waals surface area contributed by atoms with Crippen molar-refractivity contribution in [2.75, 3.05) is 11.4 Å². The van der Waals surface area contributed by atoms with E-state index in [9.17, 15) is 9.59 Å². The first-order valence-corrected chi connectivity index (χ1v) is 12.8. The Bertz CT molecular complexity index is 1240. The second kappa shape index (κ2) is 10.9. The molecule has 0 bridgehead atoms. The van der Waals surface area contributed by atoms with Crippen LogP contribution in [0.4, 0.5) is 5.69 Å². The van der Waals surface area contributed by atoms with Crippen molar-refractivity contribution in [1.29, 1.82) is 0 Å². The second-order valence-corrected chi connectivity index (χ2v) is 9.74. The van der Waals surface area contributed by atoms with Gasteiger partial charge in [0.2, 0.25) is 0 Å². The lowest BCUT2D eigenvalue weighted by Gasteiger charge is -2.37. The van der Waals surface area contributed by atoms with Crippen LogP contribution in [0, 0.1) is 20.8 Å². The fourth-order valence-corrected chi connectivity index (χ4v) is 5.41. The number of benzene rings is 2. The third-order valence-electron chi connectivity index (χ3n) is 7.32. The highest BCUT2D eigenvalue weighted by molar-refractivity contribution is 5.99. The molecule has 1 saturated carbocycles. The maximum atomic E-state index is 13.5. The molecule has 0 spiro atoms. The Morgan fingerprint density at radius 2 is 1.71 bits per heavy atom. The van der Waals surface area contributed by atoms with Crippen molar-refractivity contribution in [3.05, 3.63) is 86.8 Å². The molecule has 184 valence electrons. The number of nitrogens with zero attached hydrogens (tertiary/aromatic N) is 1. The van der Waals surface area contributed by atoms with Crippen molar-refractivity contribution in [2.24, 2.45) is 0 Å². The van der Waals surface area contributed by atoms with Crippen molar-refractivity contribution in [3.63, 3.8) is 0 Å². The number of anilines is 1. The van der Waals surface area contributed by atoms with Gasteiger partial charge in [0.25, 0.3) is 11.5 Å². The topological polar surface area (TPSA) is 65.2 Å². The van der Waals surface area contributed by atoms with Crippen molar-refractivity contribution in [3.8, 4) is 11.1 Å². The van der Waals surface area contributed by atoms with Gasteiger partial charge in [0, 0.05) is 41.6 Å². The van der Waals surface area contributed by atoms with E-state index in [0.29, 0.717) is 17.2 Å². The fraction of sp³-hybridized carbons (Fsp3) is 0.400. The maximum absolute atomic E-state index is 13.5. The lowest BCUT2D eigenvalue weighted by atomic mass is 9.91. The van der Waals surface area contributed by atoms with Crippen LogP contribution in [0.3, 0.4) is 0 Å². The van der Waals surface area contributed by atoms with E-state index in [0.717, 1.165) is 40.2 Å². The van der Waals surface area contributed by atoms with Crippen LogP contribution in [0.25, 0.3) is 11.1 Å². The van der Waals surface area contributed by atoms with E-state index < -0.39 is 0 Å². The average Bonchev–Trinajstić information content (AvgIpc) is 2.86. The maximum Gasteiger partial charge on any atom is 0.253 e. The number of rotatable bonds is 7. The number of hydrogen-bond donors (Lipinski definition) is 2. The minimum Gasteiger partial charge on any atom is -0.369 e. The Kier molecular flexibility index (Phi) is 7.74. The van der Waals surface area contributed by atoms with Crippen LogP contribution < -0.4 is 15.8 Å². The molecule has 0 atom stereocenters. The summed E-state index contributed by atoms with van der Waals surface area (Å²) in [5.41, 5.74) is 7.07. The molecule has 0 radical (unpaired) electrons. The van der Waals surface area contributed by atoms with Crippen molar-refractivity contribution < 1.29 is 4.79 Å². The van der Waals surface area contributed by atoms with Gasteiger partial charge in [-0.2, -0.15) is 0 Å². The van der Waals surface area contributed by atoms with Crippen LogP contribution in [0.2, 0.25) is 0 Å². The van der Waals surface area contributed by atoms with E-state index in [2.05, 4.69) is 47.2 Å². The SMILES string of the molecule is CCN(c1cc(-c2ccccc2)cc(C(=O)NCc2c(C)cc(C)[nH]c2=O)c1C)C1CCCCC1. The molecule has 0 aliphatic heterocycles. The number of pyridine rings is 1. The zero-order chi connectivity index (χ0) is 24.9. The lowest BCUT2D eigenvalue weighted by molar-refractivity contribution is 0.0950. The summed E-state index contributed by atoms with van der Waals surface area (Å²) in [5.74, 6) is -0.152. The predicted octanol–water partition coefficient (Wildman–Crippen LogP) is 6.06. The van der Waals surface area contributed by atoms with Gasteiger partial charge in [-0.15, -0.1) is 0 Å². The van der Waals surface area contributed by atoms with Gasteiger partial charge in [-0.05, 0) is 81.0 Å². The summed E-state index contributed by atoms with van der Waals surface area (Å²) in [5, 5.41) is 3.02. The molecule has 1 aliphatic rings. The highest BCUT2D eigenvalue weighted by Gasteiger charge is 2.24. The lowest BCUT2D eigenvalue weighted by Crippen LogP contribution is -2.37. The Morgan fingerprint density at radius 3 is 2.37 bits per heavy atom. The zero-order valence-corrected chi connectivity index (χ0v) is 21.4. The number of carbonyl (C=O) groups excluding carboxylic acids is 1. The number of aryl methyl sites for hydroxylation is 2. The molecular weight excluding hydrogens is 434 g/mol. The normalized spacial score (nSPS) is 14.1. The van der Waals surface area contributed by atoms with Crippen molar-refractivity contribution in [2.45, 2.75) is 72.4 Å². The minimum absolute atomic E-state index is 0.146. The first-order chi connectivity index (χ1) is 16.9. The van der Waals surface area contributed by atoms with Crippen molar-refractivity contribution in [1.82, 2.24) is 10.3 Å². The summed E-state index contributed by atoms with van der Waals surface area (Å²) in [6.07, 6.45) is 6.22. The molecule has 4 rings (SSSR count). The van der Waals surface area contributed by atoms with Crippen LogP contribution >= 0.6 is 0 Å². The summed E-state index contributed by atoms with van der Waals surface area (Å²) < 4.78 is 0. The van der Waals surface area contributed by atoms with E-state index in [4.69, 9.17) is 0 Å². The fourth-order valence-electron chi connectivity index (χ4n) is 5.41. The number of aromatic amines is 1. The largest absolute Gasteiger partial charge is 0.369 e. The second-order valence-electron chi connectivity index (χ2n) is 9.74. The summed E-state index contributed by atoms with van der Waals surface area (Å²) >= 11 is 0. The highest BCUT2D eigenvalue weighted by Crippen LogP contribution is 2.35. The predicted molar refractivity (Wildman–Crippen MR) is 144 cm³/mol. The van der Waals surface area contributed by atoms with Crippen LogP contribution in [0.1, 0.15) is 71.8 Å². The molecule has 0 unspecified atom stereocenters. The van der Waals surface area contributed by atoms with Gasteiger partial charge in [0.05, 0.1) is 0 Å². The third-order valence-corrected chi connectivity index (χ3v) is 7.32. The van der Waals surface area contributed by atoms with Gasteiger partial charge < -0.3 is 15.2 Å². The summed E-state index contributed by atoms with van der Waals surface area (Å²) in [4.78, 5) is 31.3. The first kappa shape index (κ1) is 24.8. The van der Waals surface area contributed by atoms with Crippen LogP contribution in [-0.4, -0.2) is 23.5 Å². The van der Waals surface area contributed by atoms with E-state index >= 15 is 0 Å². The third kappa shape index (κ3) is 5.50. The van der Waals surface area contributed by atoms with Gasteiger partial charge in [-0.1, -0.05) is 49.6 Å². The molecule has 1 aromatic heterocycles. The number of carbonyl (C=O) groups is 1. The molecule has 1 fully saturated rings. The molecule has 2 aromatic carbocycles. The standard InChI is InChI=1S/C30H37N3O2/c1-5-33(25-14-10-7-11-15-25)28-18-24(23-12-8-6-9-13-23)17-26(22(28)4)29(34)31-19-27-20(2)16-21(3)32-30(27)35/h6,8-9,12-13,16-18,25H,5,7,10-11,14-15,19H2,1-4H3,(H,31,34)(H,32,35). The van der Waals surface area contributed by atoms with E-state index in [1.807, 2.05) is 44.2 Å². The van der Waals surface area contributed by atoms with Crippen molar-refractivity contribution >= 4 is 11.6 Å². The number of nitrogens with one attached hydrogen (secondary N) is 2. The molecule has 1 amide bonds. The van der Waals surface area contributed by atoms with Gasteiger partial charge in [0.1, 0.15) is 0 Å². The molecule has 1 heterocycles. The van der Waals surface area contributed by atoms with Gasteiger partial charge >= 0.3 is 0 Å². The van der Waals surface area contributed by atoms with Gasteiger partial charge in [0.15, 0.2) is 0 Å². The number of aromatic nitrogens is 1. The Morgan fingerprint density at radius 1 is 1.00 bits per heavy atom. The molecule has 1 aliphatic carbocycles. The molecular formula is C30H37N3O2. The first-order valence-electron chi connectivity index (χ1n) is 12.8. The van der Waals surface area contributed by atoms with Crippen LogP contribution in [0.5, 0.6) is 0 Å². The molecule has 0 saturated heterocycles. The van der Waals surface area contributed by atoms with E-state index in [1.54, 1.807) is 0 Å². The van der Waals surface area contributed by atoms with E-state index in [1.165, 1.54) is 32.1 Å². The Hall–Kier alpha value is -3.34. The Balaban J connectivity index is 1.72. The summed E-state index contributed by atoms with van der Waals surface area (Å²) in [6, 6.07) is 16.9. The van der Waals surface area contributed by atoms with Gasteiger partial charge in [-0.25, -0.2) is 0 Å². The number of hydrogen-bond acceptors (Lipinski definition) is 3. The summed E-state index contributed by atoms with van der Waals surface area (Å²) in [7, 11) is 0. The molecule has 35 heavy (non-hydrogen) atoms. The monoisotopic (exact) mass is 471 g/mol. The average molecular weight is 472 g/mol. The molecule has 2 N–H and O–H groups in total. The molecule has 5 heteroatoms. The quantitative estimate of drug-likeness (QED) is 0.440. The zero-order valence-electron chi connectivity index (χ0n) is 21.4. The van der Waals surface area contributed by atoms with Crippen LogP contribution in [0.15, 0.2) is 53.3 Å². The number of H-pyrrole nitrogens is 1. The number of amides is 1. The van der Waals surface area contributed by atoms with Gasteiger partial charge in [-0.3, -0.25) is 9.59 Å². The highest BCUT2D eigenvalue weighted by atomic mass is 16.1. The summed E-state index contributed by atoms with van der Waals surface area (Å²) in [6.45, 7) is 9.13. The smallest absolute Gasteiger partial charge is 0.253 e. The Labute approximate surface area is 208 Å². The van der Waals surface area contributed by atoms with Crippen LogP contribution in [-0.2, 0) is 6.54 Å². The van der Waals surface area contributed by atoms with E-state index in [-0.39, 0.29) is 18.0 Å². The molecule has 3 aromatic rings. The minimum atomic E-state index is -0.152.